The van der Waals surface area contributed by atoms with Crippen molar-refractivity contribution in [2.45, 2.75) is 13.5 Å². The minimum absolute atomic E-state index is 0.332. The van der Waals surface area contributed by atoms with E-state index in [1.165, 1.54) is 17.4 Å². The number of aryl methyl sites for hydroxylation is 1. The monoisotopic (exact) mass is 475 g/mol. The number of aromatic nitrogens is 1. The number of carbonyl (C=O) groups excluding carboxylic acids is 1. The molecule has 0 fully saturated rings. The summed E-state index contributed by atoms with van der Waals surface area (Å²) in [6.07, 6.45) is 0. The molecule has 1 heterocycles. The van der Waals surface area contributed by atoms with Crippen molar-refractivity contribution in [3.8, 4) is 11.3 Å². The summed E-state index contributed by atoms with van der Waals surface area (Å²) >= 11 is 1.49. The van der Waals surface area contributed by atoms with Gasteiger partial charge in [-0.05, 0) is 36.8 Å². The summed E-state index contributed by atoms with van der Waals surface area (Å²) in [5.74, 6) is -1.94. The number of anilines is 2. The fourth-order valence-corrected chi connectivity index (χ4v) is 4.43. The van der Waals surface area contributed by atoms with Crippen LogP contribution in [0.25, 0.3) is 11.3 Å². The minimum Gasteiger partial charge on any atom is -0.480 e. The molecular weight excluding hydrogens is 453 g/mol. The summed E-state index contributed by atoms with van der Waals surface area (Å²) in [5.41, 5.74) is 3.44. The molecule has 0 radical (unpaired) electrons. The van der Waals surface area contributed by atoms with E-state index in [1.807, 2.05) is 42.2 Å². The molecular formula is C26H22FN3O3S. The van der Waals surface area contributed by atoms with Crippen molar-refractivity contribution in [1.82, 2.24) is 10.3 Å². The molecule has 0 saturated carbocycles. The summed E-state index contributed by atoms with van der Waals surface area (Å²) < 4.78 is 14.8. The molecule has 34 heavy (non-hydrogen) atoms. The molecule has 0 aliphatic heterocycles. The van der Waals surface area contributed by atoms with Crippen LogP contribution in [0.4, 0.5) is 15.2 Å². The highest BCUT2D eigenvalue weighted by Gasteiger charge is 2.20. The van der Waals surface area contributed by atoms with Gasteiger partial charge in [0.05, 0.1) is 17.9 Å². The van der Waals surface area contributed by atoms with Gasteiger partial charge in [-0.1, -0.05) is 54.6 Å². The number of hydrogen-bond acceptors (Lipinski definition) is 5. The number of carboxylic acids is 1. The first-order valence-electron chi connectivity index (χ1n) is 10.6. The maximum absolute atomic E-state index is 14.8. The molecule has 0 aliphatic rings. The number of carboxylic acid groups (broad SMARTS) is 1. The Morgan fingerprint density at radius 2 is 1.68 bits per heavy atom. The zero-order chi connectivity index (χ0) is 24.1. The van der Waals surface area contributed by atoms with E-state index < -0.39 is 18.4 Å². The first kappa shape index (κ1) is 23.1. The Morgan fingerprint density at radius 3 is 2.35 bits per heavy atom. The molecule has 0 saturated heterocycles. The average Bonchev–Trinajstić information content (AvgIpc) is 3.23. The topological polar surface area (TPSA) is 82.5 Å². The molecule has 1 amide bonds. The Kier molecular flexibility index (Phi) is 6.98. The van der Waals surface area contributed by atoms with Gasteiger partial charge in [0.25, 0.3) is 5.91 Å². The van der Waals surface area contributed by atoms with Crippen LogP contribution in [0.15, 0.2) is 78.9 Å². The van der Waals surface area contributed by atoms with Gasteiger partial charge in [-0.15, -0.1) is 11.3 Å². The molecule has 0 bridgehead atoms. The average molecular weight is 476 g/mol. The summed E-state index contributed by atoms with van der Waals surface area (Å²) in [6.45, 7) is 1.88. The summed E-state index contributed by atoms with van der Waals surface area (Å²) in [7, 11) is 0. The number of carbonyl (C=O) groups is 2. The van der Waals surface area contributed by atoms with Crippen molar-refractivity contribution < 1.29 is 19.1 Å². The molecule has 172 valence electrons. The third-order valence-corrected chi connectivity index (χ3v) is 6.16. The molecule has 1 aromatic heterocycles. The standard InChI is InChI=1S/C26H22FN3O3S/c1-17-24(19-7-3-2-4-8-19)29-26(34-17)30(22-10-6-5-9-21(22)27)16-18-11-13-20(14-12-18)25(33)28-15-23(31)32/h2-14H,15-16H2,1H3,(H,28,33)(H,31,32). The van der Waals surface area contributed by atoms with Gasteiger partial charge in [-0.25, -0.2) is 9.37 Å². The second-order valence-electron chi connectivity index (χ2n) is 7.58. The van der Waals surface area contributed by atoms with Gasteiger partial charge in [0.2, 0.25) is 0 Å². The van der Waals surface area contributed by atoms with Gasteiger partial charge < -0.3 is 15.3 Å². The van der Waals surface area contributed by atoms with Crippen LogP contribution in [0.5, 0.6) is 0 Å². The molecule has 2 N–H and O–H groups in total. The number of rotatable bonds is 8. The largest absolute Gasteiger partial charge is 0.480 e. The lowest BCUT2D eigenvalue weighted by molar-refractivity contribution is -0.135. The van der Waals surface area contributed by atoms with Crippen LogP contribution in [-0.2, 0) is 11.3 Å². The summed E-state index contributed by atoms with van der Waals surface area (Å²) in [5, 5.41) is 11.7. The molecule has 4 rings (SSSR count). The lowest BCUT2D eigenvalue weighted by Crippen LogP contribution is -2.29. The molecule has 8 heteroatoms. The van der Waals surface area contributed by atoms with E-state index in [2.05, 4.69) is 5.32 Å². The quantitative estimate of drug-likeness (QED) is 0.356. The van der Waals surface area contributed by atoms with Crippen molar-refractivity contribution in [3.05, 3.63) is 101 Å². The van der Waals surface area contributed by atoms with Crippen LogP contribution in [0.3, 0.4) is 0 Å². The SMILES string of the molecule is Cc1sc(N(Cc2ccc(C(=O)NCC(=O)O)cc2)c2ccccc2F)nc1-c1ccccc1. The Bertz CT molecular complexity index is 1310. The zero-order valence-corrected chi connectivity index (χ0v) is 19.2. The Hall–Kier alpha value is -4.04. The maximum atomic E-state index is 14.8. The van der Waals surface area contributed by atoms with Gasteiger partial charge in [-0.3, -0.25) is 9.59 Å². The van der Waals surface area contributed by atoms with Crippen LogP contribution in [0.1, 0.15) is 20.8 Å². The van der Waals surface area contributed by atoms with Crippen LogP contribution < -0.4 is 10.2 Å². The third kappa shape index (κ3) is 5.29. The van der Waals surface area contributed by atoms with E-state index in [-0.39, 0.29) is 5.82 Å². The number of halogens is 1. The molecule has 6 nitrogen and oxygen atoms in total. The smallest absolute Gasteiger partial charge is 0.322 e. The molecule has 0 aliphatic carbocycles. The Morgan fingerprint density at radius 1 is 1.00 bits per heavy atom. The molecule has 3 aromatic carbocycles. The highest BCUT2D eigenvalue weighted by Crippen LogP contribution is 2.37. The predicted octanol–water partition coefficient (Wildman–Crippen LogP) is 5.41. The van der Waals surface area contributed by atoms with Crippen LogP contribution in [-0.4, -0.2) is 28.5 Å². The molecule has 0 atom stereocenters. The second-order valence-corrected chi connectivity index (χ2v) is 8.76. The molecule has 4 aromatic rings. The number of para-hydroxylation sites is 1. The van der Waals surface area contributed by atoms with Crippen molar-refractivity contribution in [3.63, 3.8) is 0 Å². The van der Waals surface area contributed by atoms with E-state index in [0.29, 0.717) is 22.9 Å². The van der Waals surface area contributed by atoms with Crippen molar-refractivity contribution in [2.75, 3.05) is 11.4 Å². The second kappa shape index (κ2) is 10.3. The Labute approximate surface area is 200 Å². The van der Waals surface area contributed by atoms with Gasteiger partial charge in [0.1, 0.15) is 12.4 Å². The minimum atomic E-state index is -1.11. The third-order valence-electron chi connectivity index (χ3n) is 5.16. The van der Waals surface area contributed by atoms with Crippen molar-refractivity contribution in [2.24, 2.45) is 0 Å². The number of benzene rings is 3. The van der Waals surface area contributed by atoms with E-state index >= 15 is 0 Å². The van der Waals surface area contributed by atoms with Crippen molar-refractivity contribution in [1.29, 1.82) is 0 Å². The molecule has 0 spiro atoms. The molecule has 0 unspecified atom stereocenters. The number of nitrogens with one attached hydrogen (secondary N) is 1. The summed E-state index contributed by atoms with van der Waals surface area (Å²) in [4.78, 5) is 30.4. The van der Waals surface area contributed by atoms with Gasteiger partial charge >= 0.3 is 5.97 Å². The van der Waals surface area contributed by atoms with Gasteiger partial charge in [-0.2, -0.15) is 0 Å². The van der Waals surface area contributed by atoms with Crippen LogP contribution >= 0.6 is 11.3 Å². The number of nitrogens with zero attached hydrogens (tertiary/aromatic N) is 2. The van der Waals surface area contributed by atoms with E-state index in [9.17, 15) is 14.0 Å². The zero-order valence-electron chi connectivity index (χ0n) is 18.4. The van der Waals surface area contributed by atoms with Crippen LogP contribution in [0.2, 0.25) is 0 Å². The van der Waals surface area contributed by atoms with Gasteiger partial charge in [0, 0.05) is 16.0 Å². The first-order chi connectivity index (χ1) is 16.4. The van der Waals surface area contributed by atoms with Crippen molar-refractivity contribution >= 4 is 34.0 Å². The number of aliphatic carboxylic acids is 1. The van der Waals surface area contributed by atoms with E-state index in [4.69, 9.17) is 10.1 Å². The number of hydrogen-bond donors (Lipinski definition) is 2. The fourth-order valence-electron chi connectivity index (χ4n) is 3.49. The lowest BCUT2D eigenvalue weighted by atomic mass is 10.1. The fraction of sp³-hybridized carbons (Fsp3) is 0.115. The highest BCUT2D eigenvalue weighted by atomic mass is 32.1. The maximum Gasteiger partial charge on any atom is 0.322 e. The predicted molar refractivity (Wildman–Crippen MR) is 131 cm³/mol. The van der Waals surface area contributed by atoms with E-state index in [1.54, 1.807) is 42.5 Å². The van der Waals surface area contributed by atoms with Crippen LogP contribution in [0, 0.1) is 12.7 Å². The highest BCUT2D eigenvalue weighted by molar-refractivity contribution is 7.16. The first-order valence-corrected chi connectivity index (χ1v) is 11.4. The van der Waals surface area contributed by atoms with E-state index in [0.717, 1.165) is 21.7 Å². The number of thiazole rings is 1. The van der Waals surface area contributed by atoms with Gasteiger partial charge in [0.15, 0.2) is 5.13 Å². The normalized spacial score (nSPS) is 10.6. The Balaban J connectivity index is 1.64. The summed E-state index contributed by atoms with van der Waals surface area (Å²) in [6, 6.07) is 23.2. The lowest BCUT2D eigenvalue weighted by Gasteiger charge is -2.23. The number of amides is 1.